The van der Waals surface area contributed by atoms with Crippen LogP contribution in [0, 0.1) is 0 Å². The number of carbonyl (C=O) groups excluding carboxylic acids is 2. The van der Waals surface area contributed by atoms with Crippen LogP contribution in [0.5, 0.6) is 0 Å². The van der Waals surface area contributed by atoms with Crippen molar-refractivity contribution in [1.29, 1.82) is 0 Å². The van der Waals surface area contributed by atoms with Crippen LogP contribution in [0.25, 0.3) is 0 Å². The van der Waals surface area contributed by atoms with Crippen molar-refractivity contribution >= 4 is 12.2 Å². The van der Waals surface area contributed by atoms with E-state index in [9.17, 15) is 9.59 Å². The minimum absolute atomic E-state index is 0.138. The summed E-state index contributed by atoms with van der Waals surface area (Å²) in [7, 11) is 0. The summed E-state index contributed by atoms with van der Waals surface area (Å²) < 4.78 is 0. The Balaban J connectivity index is 4.28. The molecule has 0 spiro atoms. The molecule has 0 atom stereocenters. The highest BCUT2D eigenvalue weighted by molar-refractivity contribution is 5.89. The van der Waals surface area contributed by atoms with Crippen LogP contribution in [0.1, 0.15) is 13.3 Å². The molecule has 1 N–H and O–H groups in total. The van der Waals surface area contributed by atoms with Gasteiger partial charge in [-0.1, -0.05) is 18.7 Å². The molecule has 0 fully saturated rings. The summed E-state index contributed by atoms with van der Waals surface area (Å²) in [6.07, 6.45) is 3.59. The van der Waals surface area contributed by atoms with Gasteiger partial charge in [0.25, 0.3) is 0 Å². The van der Waals surface area contributed by atoms with Crippen LogP contribution in [0.3, 0.4) is 0 Å². The Hall–Kier alpha value is -1.64. The molecule has 0 aromatic carbocycles. The molecule has 0 saturated heterocycles. The van der Waals surface area contributed by atoms with Gasteiger partial charge < -0.3 is 10.1 Å². The predicted molar refractivity (Wildman–Crippen MR) is 51.9 cm³/mol. The van der Waals surface area contributed by atoms with E-state index in [1.54, 1.807) is 13.0 Å². The van der Waals surface area contributed by atoms with E-state index >= 15 is 0 Å². The molecule has 1 amide bonds. The first-order chi connectivity index (χ1) is 6.10. The van der Waals surface area contributed by atoms with Gasteiger partial charge in [-0.15, -0.1) is 0 Å². The van der Waals surface area contributed by atoms with E-state index in [0.29, 0.717) is 12.0 Å². The Morgan fingerprint density at radius 3 is 2.54 bits per heavy atom. The summed E-state index contributed by atoms with van der Waals surface area (Å²) in [6, 6.07) is 0. The molecule has 0 aliphatic heterocycles. The molecule has 70 valence electrons. The van der Waals surface area contributed by atoms with Gasteiger partial charge >= 0.3 is 0 Å². The average molecular weight is 179 g/mol. The van der Waals surface area contributed by atoms with Gasteiger partial charge in [-0.2, -0.15) is 0 Å². The molecule has 0 bridgehead atoms. The normalized spacial score (nSPS) is 10.4. The van der Waals surface area contributed by atoms with Gasteiger partial charge in [0.2, 0.25) is 5.91 Å². The highest BCUT2D eigenvalue weighted by atomic mass is 16.2. The molecular weight excluding hydrogens is 166 g/mol. The van der Waals surface area contributed by atoms with E-state index in [-0.39, 0.29) is 12.3 Å². The van der Waals surface area contributed by atoms with E-state index in [1.807, 2.05) is 0 Å². The van der Waals surface area contributed by atoms with Crippen LogP contribution in [0.2, 0.25) is 0 Å². The molecule has 3 heteroatoms. The highest BCUT2D eigenvalue weighted by Crippen LogP contribution is 1.97. The van der Waals surface area contributed by atoms with E-state index in [4.69, 9.17) is 0 Å². The van der Waals surface area contributed by atoms with Gasteiger partial charge in [-0.3, -0.25) is 4.79 Å². The van der Waals surface area contributed by atoms with Crippen molar-refractivity contribution in [3.05, 3.63) is 36.6 Å². The van der Waals surface area contributed by atoms with Crippen LogP contribution in [0.4, 0.5) is 0 Å². The summed E-state index contributed by atoms with van der Waals surface area (Å²) in [5.74, 6) is -0.345. The van der Waals surface area contributed by atoms with Crippen LogP contribution in [-0.2, 0) is 9.59 Å². The summed E-state index contributed by atoms with van der Waals surface area (Å²) in [5, 5.41) is 2.51. The number of aldehydes is 1. The van der Waals surface area contributed by atoms with Crippen LogP contribution in [-0.4, -0.2) is 12.2 Å². The zero-order valence-corrected chi connectivity index (χ0v) is 7.67. The Bertz CT molecular complexity index is 264. The van der Waals surface area contributed by atoms with Crippen molar-refractivity contribution in [2.75, 3.05) is 0 Å². The Kier molecular flexibility index (Phi) is 5.19. The quantitative estimate of drug-likeness (QED) is 0.393. The molecule has 3 nitrogen and oxygen atoms in total. The first-order valence-electron chi connectivity index (χ1n) is 3.83. The monoisotopic (exact) mass is 179 g/mol. The Morgan fingerprint density at radius 1 is 1.54 bits per heavy atom. The third kappa shape index (κ3) is 5.61. The van der Waals surface area contributed by atoms with Crippen LogP contribution < -0.4 is 5.32 Å². The second-order valence-electron chi connectivity index (χ2n) is 2.57. The lowest BCUT2D eigenvalue weighted by Crippen LogP contribution is -2.21. The van der Waals surface area contributed by atoms with Gasteiger partial charge in [0.05, 0.1) is 6.42 Å². The highest BCUT2D eigenvalue weighted by Gasteiger charge is 1.99. The number of amides is 1. The van der Waals surface area contributed by atoms with Crippen LogP contribution in [0.15, 0.2) is 36.6 Å². The van der Waals surface area contributed by atoms with Crippen molar-refractivity contribution < 1.29 is 9.59 Å². The minimum atomic E-state index is -0.345. The van der Waals surface area contributed by atoms with E-state index in [0.717, 1.165) is 5.57 Å². The zero-order valence-electron chi connectivity index (χ0n) is 7.67. The number of nitrogens with one attached hydrogen (secondary N) is 1. The smallest absolute Gasteiger partial charge is 0.231 e. The van der Waals surface area contributed by atoms with Gasteiger partial charge in [-0.25, -0.2) is 0 Å². The van der Waals surface area contributed by atoms with E-state index in [2.05, 4.69) is 18.5 Å². The number of hydrogen-bond donors (Lipinski definition) is 1. The topological polar surface area (TPSA) is 46.2 Å². The van der Waals surface area contributed by atoms with Crippen LogP contribution >= 0.6 is 0 Å². The van der Waals surface area contributed by atoms with Gasteiger partial charge in [0.1, 0.15) is 6.29 Å². The van der Waals surface area contributed by atoms with E-state index < -0.39 is 0 Å². The fourth-order valence-corrected chi connectivity index (χ4v) is 0.699. The van der Waals surface area contributed by atoms with Crippen molar-refractivity contribution in [1.82, 2.24) is 5.32 Å². The predicted octanol–water partition coefficient (Wildman–Crippen LogP) is 1.34. The van der Waals surface area contributed by atoms with Crippen molar-refractivity contribution in [2.45, 2.75) is 13.3 Å². The third-order valence-electron chi connectivity index (χ3n) is 1.17. The van der Waals surface area contributed by atoms with Gasteiger partial charge in [0.15, 0.2) is 0 Å². The lowest BCUT2D eigenvalue weighted by Gasteiger charge is -2.02. The first kappa shape index (κ1) is 11.4. The van der Waals surface area contributed by atoms with Crippen molar-refractivity contribution in [2.24, 2.45) is 0 Å². The second kappa shape index (κ2) is 5.94. The Labute approximate surface area is 77.8 Å². The average Bonchev–Trinajstić information content (AvgIpc) is 2.02. The minimum Gasteiger partial charge on any atom is -0.326 e. The van der Waals surface area contributed by atoms with Gasteiger partial charge in [-0.05, 0) is 19.1 Å². The molecule has 0 aliphatic carbocycles. The number of hydrogen-bond acceptors (Lipinski definition) is 2. The summed E-state index contributed by atoms with van der Waals surface area (Å²) in [5.41, 5.74) is 1.36. The molecule has 0 aliphatic rings. The summed E-state index contributed by atoms with van der Waals surface area (Å²) >= 11 is 0. The lowest BCUT2D eigenvalue weighted by molar-refractivity contribution is -0.123. The molecule has 0 aromatic heterocycles. The third-order valence-corrected chi connectivity index (χ3v) is 1.17. The molecule has 0 radical (unpaired) electrons. The molecule has 0 heterocycles. The summed E-state index contributed by atoms with van der Waals surface area (Å²) in [6.45, 7) is 8.97. The molecular formula is C10H13NO2. The summed E-state index contributed by atoms with van der Waals surface area (Å²) in [4.78, 5) is 20.9. The largest absolute Gasteiger partial charge is 0.326 e. The molecule has 0 saturated carbocycles. The van der Waals surface area contributed by atoms with Crippen molar-refractivity contribution in [3.63, 3.8) is 0 Å². The maximum atomic E-state index is 10.9. The number of carbonyl (C=O) groups is 2. The van der Waals surface area contributed by atoms with E-state index in [1.165, 1.54) is 6.08 Å². The number of rotatable bonds is 5. The first-order valence-corrected chi connectivity index (χ1v) is 3.83. The standard InChI is InChI=1S/C10H13NO2/c1-4-9(7-8(2)3)11-10(13)5-6-12/h4,6-7H,1-2,5H2,3H3,(H,11,13)/b9-7+. The Morgan fingerprint density at radius 2 is 2.15 bits per heavy atom. The fraction of sp³-hybridized carbons (Fsp3) is 0.200. The zero-order chi connectivity index (χ0) is 10.3. The van der Waals surface area contributed by atoms with Crippen molar-refractivity contribution in [3.8, 4) is 0 Å². The molecule has 0 rings (SSSR count). The molecule has 13 heavy (non-hydrogen) atoms. The number of allylic oxidation sites excluding steroid dienone is 3. The maximum Gasteiger partial charge on any atom is 0.231 e. The van der Waals surface area contributed by atoms with Gasteiger partial charge in [0, 0.05) is 5.70 Å². The maximum absolute atomic E-state index is 10.9. The lowest BCUT2D eigenvalue weighted by atomic mass is 10.2. The molecule has 0 unspecified atom stereocenters. The SMILES string of the molecule is C=C/C(=C\C(=C)C)NC(=O)CC=O. The fourth-order valence-electron chi connectivity index (χ4n) is 0.699. The second-order valence-corrected chi connectivity index (χ2v) is 2.57. The molecule has 0 aromatic rings.